The van der Waals surface area contributed by atoms with E-state index >= 15 is 0 Å². The molecule has 3 nitrogen and oxygen atoms in total. The van der Waals surface area contributed by atoms with Crippen molar-refractivity contribution in [3.8, 4) is 11.5 Å². The largest absolute Gasteiger partial charge is 0.496 e. The lowest BCUT2D eigenvalue weighted by Gasteiger charge is -2.59. The van der Waals surface area contributed by atoms with E-state index in [0.29, 0.717) is 18.1 Å². The molecule has 0 aliphatic heterocycles. The van der Waals surface area contributed by atoms with Gasteiger partial charge in [0.15, 0.2) is 0 Å². The number of hydrogen-bond acceptors (Lipinski definition) is 3. The molecule has 0 N–H and O–H groups in total. The second-order valence-electron chi connectivity index (χ2n) is 10.5. The van der Waals surface area contributed by atoms with E-state index in [2.05, 4.69) is 46.8 Å². The smallest absolute Gasteiger partial charge is 0.137 e. The second-order valence-corrected chi connectivity index (χ2v) is 10.5. The van der Waals surface area contributed by atoms with Gasteiger partial charge in [0.05, 0.1) is 14.2 Å². The number of carbonyl (C=O) groups is 1. The Morgan fingerprint density at radius 2 is 1.69 bits per heavy atom. The summed E-state index contributed by atoms with van der Waals surface area (Å²) in [5.41, 5.74) is 2.51. The lowest BCUT2D eigenvalue weighted by Crippen LogP contribution is -2.56. The Hall–Kier alpha value is -1.51. The fraction of sp³-hybridized carbons (Fsp3) is 0.731. The first-order valence-corrected chi connectivity index (χ1v) is 11.5. The third-order valence-corrected chi connectivity index (χ3v) is 7.99. The average Bonchev–Trinajstić information content (AvgIpc) is 2.69. The summed E-state index contributed by atoms with van der Waals surface area (Å²) in [5.74, 6) is 3.13. The van der Waals surface area contributed by atoms with E-state index in [4.69, 9.17) is 9.47 Å². The van der Waals surface area contributed by atoms with Crippen LogP contribution < -0.4 is 9.47 Å². The van der Waals surface area contributed by atoms with Crippen molar-refractivity contribution in [3.63, 3.8) is 0 Å². The molecule has 0 spiro atoms. The van der Waals surface area contributed by atoms with E-state index in [0.717, 1.165) is 29.9 Å². The van der Waals surface area contributed by atoms with Gasteiger partial charge in [-0.1, -0.05) is 60.3 Å². The molecule has 1 aromatic rings. The molecule has 3 aliphatic carbocycles. The monoisotopic (exact) mass is 400 g/mol. The minimum atomic E-state index is 0.0655. The first kappa shape index (κ1) is 22.2. The van der Waals surface area contributed by atoms with Crippen LogP contribution in [0.5, 0.6) is 11.5 Å². The molecule has 3 saturated carbocycles. The van der Waals surface area contributed by atoms with Crippen molar-refractivity contribution in [2.45, 2.75) is 90.9 Å². The molecule has 3 heteroatoms. The molecule has 1 aromatic carbocycles. The molecular weight excluding hydrogens is 360 g/mol. The molecular formula is C26H40O3. The zero-order valence-electron chi connectivity index (χ0n) is 19.6. The van der Waals surface area contributed by atoms with Crippen LogP contribution in [0.4, 0.5) is 0 Å². The van der Waals surface area contributed by atoms with Crippen LogP contribution in [0.2, 0.25) is 0 Å². The number of carbonyl (C=O) groups excluding carboxylic acids is 1. The summed E-state index contributed by atoms with van der Waals surface area (Å²) in [6.45, 7) is 11.4. The van der Waals surface area contributed by atoms with Crippen molar-refractivity contribution in [1.29, 1.82) is 0 Å². The number of fused-ring (bicyclic) bond motifs is 2. The fourth-order valence-electron chi connectivity index (χ4n) is 5.83. The topological polar surface area (TPSA) is 35.5 Å². The van der Waals surface area contributed by atoms with E-state index in [1.807, 2.05) is 0 Å². The van der Waals surface area contributed by atoms with Gasteiger partial charge >= 0.3 is 0 Å². The van der Waals surface area contributed by atoms with Crippen molar-refractivity contribution >= 4 is 5.78 Å². The summed E-state index contributed by atoms with van der Waals surface area (Å²) in [6.07, 6.45) is 7.86. The minimum Gasteiger partial charge on any atom is -0.496 e. The first-order chi connectivity index (χ1) is 13.7. The Morgan fingerprint density at radius 1 is 1.07 bits per heavy atom. The summed E-state index contributed by atoms with van der Waals surface area (Å²) < 4.78 is 11.8. The minimum absolute atomic E-state index is 0.0655. The van der Waals surface area contributed by atoms with Gasteiger partial charge in [0.2, 0.25) is 0 Å². The quantitative estimate of drug-likeness (QED) is 0.434. The summed E-state index contributed by atoms with van der Waals surface area (Å²) in [4.78, 5) is 12.7. The number of ketones is 1. The predicted molar refractivity (Wildman–Crippen MR) is 119 cm³/mol. The van der Waals surface area contributed by atoms with Crippen molar-refractivity contribution in [3.05, 3.63) is 23.3 Å². The van der Waals surface area contributed by atoms with Crippen LogP contribution in [0.1, 0.15) is 96.6 Å². The third-order valence-electron chi connectivity index (χ3n) is 7.99. The zero-order valence-corrected chi connectivity index (χ0v) is 19.6. The normalized spacial score (nSPS) is 25.5. The molecule has 0 amide bonds. The van der Waals surface area contributed by atoms with Gasteiger partial charge in [0.25, 0.3) is 0 Å². The van der Waals surface area contributed by atoms with Gasteiger partial charge in [-0.15, -0.1) is 0 Å². The van der Waals surface area contributed by atoms with Crippen molar-refractivity contribution in [2.75, 3.05) is 14.2 Å². The number of benzene rings is 1. The maximum Gasteiger partial charge on any atom is 0.137 e. The molecule has 0 radical (unpaired) electrons. The second kappa shape index (κ2) is 8.32. The molecule has 0 heterocycles. The van der Waals surface area contributed by atoms with Crippen LogP contribution in [0.3, 0.4) is 0 Å². The van der Waals surface area contributed by atoms with Gasteiger partial charge in [-0.3, -0.25) is 4.79 Å². The van der Waals surface area contributed by atoms with Gasteiger partial charge < -0.3 is 9.47 Å². The molecule has 29 heavy (non-hydrogen) atoms. The number of methoxy groups -OCH3 is 2. The maximum atomic E-state index is 12.7. The van der Waals surface area contributed by atoms with Gasteiger partial charge in [-0.05, 0) is 47.3 Å². The molecule has 3 aliphatic rings. The van der Waals surface area contributed by atoms with E-state index in [-0.39, 0.29) is 22.7 Å². The number of rotatable bonds is 9. The Morgan fingerprint density at radius 3 is 2.17 bits per heavy atom. The molecule has 0 unspecified atom stereocenters. The molecule has 3 atom stereocenters. The van der Waals surface area contributed by atoms with Crippen LogP contribution in [-0.2, 0) is 10.2 Å². The Labute approximate surface area is 177 Å². The SMILES string of the molecule is CCCCCCC(C)(C)c1cc(OC)c([C@H]2CC(=O)[C@H]3C[C@@H]2C3(C)C)c(OC)c1. The summed E-state index contributed by atoms with van der Waals surface area (Å²) in [6, 6.07) is 4.42. The summed E-state index contributed by atoms with van der Waals surface area (Å²) >= 11 is 0. The van der Waals surface area contributed by atoms with Gasteiger partial charge in [-0.2, -0.15) is 0 Å². The number of Topliss-reactive ketones (excluding diaryl/α,β-unsaturated/α-hetero) is 1. The Balaban J connectivity index is 1.94. The van der Waals surface area contributed by atoms with Gasteiger partial charge in [-0.25, -0.2) is 0 Å². The standard InChI is InChI=1S/C26H40O3/c1-8-9-10-11-12-25(2,3)17-13-22(28-6)24(23(14-17)29-7)18-15-21(27)20-16-19(18)26(20,4)5/h13-14,18-20H,8-12,15-16H2,1-7H3/t18-,19-,20+/m0/s1. The van der Waals surface area contributed by atoms with E-state index in [1.165, 1.54) is 31.2 Å². The molecule has 4 rings (SSSR count). The summed E-state index contributed by atoms with van der Waals surface area (Å²) in [5, 5.41) is 0. The first-order valence-electron chi connectivity index (χ1n) is 11.5. The van der Waals surface area contributed by atoms with Crippen molar-refractivity contribution in [2.24, 2.45) is 17.3 Å². The van der Waals surface area contributed by atoms with Gasteiger partial charge in [0.1, 0.15) is 17.3 Å². The molecule has 2 bridgehead atoms. The molecule has 3 fully saturated rings. The zero-order chi connectivity index (χ0) is 21.4. The number of unbranched alkanes of at least 4 members (excludes halogenated alkanes) is 3. The lowest BCUT2D eigenvalue weighted by molar-refractivity contribution is -0.151. The average molecular weight is 401 g/mol. The molecule has 0 aromatic heterocycles. The predicted octanol–water partition coefficient (Wildman–Crippen LogP) is 6.67. The van der Waals surface area contributed by atoms with Crippen LogP contribution in [0.15, 0.2) is 12.1 Å². The molecule has 0 saturated heterocycles. The van der Waals surface area contributed by atoms with Crippen molar-refractivity contribution < 1.29 is 14.3 Å². The van der Waals surface area contributed by atoms with E-state index in [1.54, 1.807) is 14.2 Å². The van der Waals surface area contributed by atoms with Crippen LogP contribution in [0, 0.1) is 17.3 Å². The highest BCUT2D eigenvalue weighted by atomic mass is 16.5. The number of hydrogen-bond donors (Lipinski definition) is 0. The highest BCUT2D eigenvalue weighted by Crippen LogP contribution is 2.64. The Bertz CT molecular complexity index is 721. The fourth-order valence-corrected chi connectivity index (χ4v) is 5.83. The maximum absolute atomic E-state index is 12.7. The summed E-state index contributed by atoms with van der Waals surface area (Å²) in [7, 11) is 3.49. The van der Waals surface area contributed by atoms with Crippen molar-refractivity contribution in [1.82, 2.24) is 0 Å². The van der Waals surface area contributed by atoms with Crippen LogP contribution in [-0.4, -0.2) is 20.0 Å². The van der Waals surface area contributed by atoms with Crippen LogP contribution >= 0.6 is 0 Å². The third kappa shape index (κ3) is 3.94. The highest BCUT2D eigenvalue weighted by Gasteiger charge is 2.59. The lowest BCUT2D eigenvalue weighted by atomic mass is 9.44. The van der Waals surface area contributed by atoms with Gasteiger partial charge in [0, 0.05) is 23.8 Å². The van der Waals surface area contributed by atoms with E-state index < -0.39 is 0 Å². The van der Waals surface area contributed by atoms with E-state index in [9.17, 15) is 4.79 Å². The molecule has 162 valence electrons. The Kier molecular flexibility index (Phi) is 6.36. The van der Waals surface area contributed by atoms with Crippen LogP contribution in [0.25, 0.3) is 0 Å². The number of ether oxygens (including phenoxy) is 2. The highest BCUT2D eigenvalue weighted by molar-refractivity contribution is 5.86.